The number of furan rings is 1. The summed E-state index contributed by atoms with van der Waals surface area (Å²) in [5.41, 5.74) is 1.94. The molecule has 2 aromatic carbocycles. The van der Waals surface area contributed by atoms with Crippen LogP contribution >= 0.6 is 0 Å². The fourth-order valence-electron chi connectivity index (χ4n) is 4.40. The molecule has 3 aromatic rings. The maximum absolute atomic E-state index is 12.8. The second kappa shape index (κ2) is 8.79. The molecular formula is C24H29N2O4+. The Morgan fingerprint density at radius 1 is 1.20 bits per heavy atom. The molecule has 0 saturated carbocycles. The van der Waals surface area contributed by atoms with Crippen LogP contribution in [0.5, 0.6) is 11.5 Å². The van der Waals surface area contributed by atoms with Gasteiger partial charge in [0.05, 0.1) is 32.4 Å². The molecule has 2 N–H and O–H groups in total. The summed E-state index contributed by atoms with van der Waals surface area (Å²) >= 11 is 0. The third-order valence-corrected chi connectivity index (χ3v) is 5.93. The van der Waals surface area contributed by atoms with E-state index in [4.69, 9.17) is 13.9 Å². The summed E-state index contributed by atoms with van der Waals surface area (Å²) in [5.74, 6) is 2.44. The van der Waals surface area contributed by atoms with E-state index in [-0.39, 0.29) is 18.0 Å². The van der Waals surface area contributed by atoms with Gasteiger partial charge in [-0.05, 0) is 37.3 Å². The third kappa shape index (κ3) is 4.14. The first-order chi connectivity index (χ1) is 14.6. The number of amides is 1. The Kier molecular flexibility index (Phi) is 5.95. The van der Waals surface area contributed by atoms with Crippen LogP contribution in [-0.4, -0.2) is 33.2 Å². The highest BCUT2D eigenvalue weighted by Gasteiger charge is 2.34. The molecule has 0 radical (unpaired) electrons. The molecule has 1 fully saturated rings. The molecule has 0 bridgehead atoms. The van der Waals surface area contributed by atoms with Crippen LogP contribution < -0.4 is 19.7 Å². The number of carbonyl (C=O) groups is 1. The molecule has 30 heavy (non-hydrogen) atoms. The number of quaternary nitrogens is 1. The first-order valence-electron chi connectivity index (χ1n) is 10.4. The Hall–Kier alpha value is -2.99. The first-order valence-corrected chi connectivity index (χ1v) is 10.4. The van der Waals surface area contributed by atoms with E-state index in [1.54, 1.807) is 14.2 Å². The quantitative estimate of drug-likeness (QED) is 0.630. The minimum absolute atomic E-state index is 0.0201. The number of para-hydroxylation sites is 1. The van der Waals surface area contributed by atoms with Gasteiger partial charge in [0.2, 0.25) is 0 Å². The normalized spacial score (nSPS) is 19.6. The number of carbonyl (C=O) groups excluding carboxylic acids is 1. The number of ether oxygens (including phenoxy) is 2. The summed E-state index contributed by atoms with van der Waals surface area (Å²) in [7, 11) is 3.35. The number of nitrogens with one attached hydrogen (secondary N) is 2. The van der Waals surface area contributed by atoms with Gasteiger partial charge in [-0.25, -0.2) is 0 Å². The molecular weight excluding hydrogens is 380 g/mol. The standard InChI is InChI=1S/C24H28N2O4/c1-16(23-13-17-7-4-5-9-21(17)30-23)25-24(27)15-26-12-6-8-20(26)19-14-18(28-2)10-11-22(19)29-3/h4-5,7,9-11,13-14,16,20H,6,8,12,15H2,1-3H3,(H,25,27)/p+1/t16-,20+/m0/s1. The third-order valence-electron chi connectivity index (χ3n) is 5.93. The molecule has 1 saturated heterocycles. The molecule has 4 rings (SSSR count). The highest BCUT2D eigenvalue weighted by atomic mass is 16.5. The summed E-state index contributed by atoms with van der Waals surface area (Å²) in [4.78, 5) is 14.1. The Morgan fingerprint density at radius 2 is 2.03 bits per heavy atom. The second-order valence-electron chi connectivity index (χ2n) is 7.86. The molecule has 1 aromatic heterocycles. The lowest BCUT2D eigenvalue weighted by atomic mass is 10.0. The zero-order valence-electron chi connectivity index (χ0n) is 17.7. The van der Waals surface area contributed by atoms with Crippen LogP contribution in [-0.2, 0) is 4.79 Å². The van der Waals surface area contributed by atoms with Crippen LogP contribution in [0.25, 0.3) is 11.0 Å². The molecule has 1 unspecified atom stereocenters. The zero-order valence-corrected chi connectivity index (χ0v) is 17.7. The van der Waals surface area contributed by atoms with E-state index >= 15 is 0 Å². The lowest BCUT2D eigenvalue weighted by Gasteiger charge is -2.24. The smallest absolute Gasteiger partial charge is 0.275 e. The van der Waals surface area contributed by atoms with E-state index < -0.39 is 0 Å². The minimum atomic E-state index is -0.184. The van der Waals surface area contributed by atoms with Crippen molar-refractivity contribution in [2.75, 3.05) is 27.3 Å². The number of rotatable bonds is 7. The van der Waals surface area contributed by atoms with Gasteiger partial charge in [0.15, 0.2) is 6.54 Å². The molecule has 1 aliphatic rings. The van der Waals surface area contributed by atoms with Crippen molar-refractivity contribution in [3.05, 3.63) is 59.9 Å². The van der Waals surface area contributed by atoms with Gasteiger partial charge in [-0.1, -0.05) is 18.2 Å². The molecule has 1 amide bonds. The summed E-state index contributed by atoms with van der Waals surface area (Å²) in [6.45, 7) is 3.32. The first kappa shape index (κ1) is 20.3. The minimum Gasteiger partial charge on any atom is -0.497 e. The Balaban J connectivity index is 1.44. The number of methoxy groups -OCH3 is 2. The summed E-state index contributed by atoms with van der Waals surface area (Å²) in [6.07, 6.45) is 2.10. The monoisotopic (exact) mass is 409 g/mol. The number of hydrogen-bond donors (Lipinski definition) is 2. The van der Waals surface area contributed by atoms with Crippen molar-refractivity contribution < 1.29 is 23.6 Å². The molecule has 3 atom stereocenters. The number of hydrogen-bond acceptors (Lipinski definition) is 4. The van der Waals surface area contributed by atoms with E-state index in [1.165, 1.54) is 4.90 Å². The highest BCUT2D eigenvalue weighted by Crippen LogP contribution is 2.31. The van der Waals surface area contributed by atoms with Gasteiger partial charge in [0.25, 0.3) is 5.91 Å². The maximum Gasteiger partial charge on any atom is 0.275 e. The second-order valence-corrected chi connectivity index (χ2v) is 7.86. The van der Waals surface area contributed by atoms with E-state index in [0.717, 1.165) is 53.2 Å². The molecule has 0 aliphatic carbocycles. The predicted molar refractivity (Wildman–Crippen MR) is 115 cm³/mol. The van der Waals surface area contributed by atoms with Crippen LogP contribution in [0.1, 0.15) is 43.2 Å². The number of benzene rings is 2. The van der Waals surface area contributed by atoms with Crippen molar-refractivity contribution >= 4 is 16.9 Å². The molecule has 6 nitrogen and oxygen atoms in total. The van der Waals surface area contributed by atoms with Crippen LogP contribution in [0.4, 0.5) is 0 Å². The summed E-state index contributed by atoms with van der Waals surface area (Å²) < 4.78 is 16.9. The van der Waals surface area contributed by atoms with Crippen molar-refractivity contribution in [3.63, 3.8) is 0 Å². The highest BCUT2D eigenvalue weighted by molar-refractivity contribution is 5.79. The lowest BCUT2D eigenvalue weighted by Crippen LogP contribution is -3.11. The van der Waals surface area contributed by atoms with Gasteiger partial charge in [-0.15, -0.1) is 0 Å². The van der Waals surface area contributed by atoms with Crippen LogP contribution in [0.3, 0.4) is 0 Å². The largest absolute Gasteiger partial charge is 0.497 e. The Bertz CT molecular complexity index is 996. The van der Waals surface area contributed by atoms with E-state index in [9.17, 15) is 4.79 Å². The van der Waals surface area contributed by atoms with Gasteiger partial charge >= 0.3 is 0 Å². The molecule has 1 aliphatic heterocycles. The molecule has 158 valence electrons. The fraction of sp³-hybridized carbons (Fsp3) is 0.375. The van der Waals surface area contributed by atoms with Crippen LogP contribution in [0, 0.1) is 0 Å². The van der Waals surface area contributed by atoms with Crippen LogP contribution in [0.15, 0.2) is 52.9 Å². The molecule has 2 heterocycles. The van der Waals surface area contributed by atoms with Gasteiger partial charge < -0.3 is 24.1 Å². The van der Waals surface area contributed by atoms with E-state index in [0.29, 0.717) is 6.54 Å². The average molecular weight is 410 g/mol. The van der Waals surface area contributed by atoms with Crippen molar-refractivity contribution in [3.8, 4) is 11.5 Å². The number of likely N-dealkylation sites (tertiary alicyclic amines) is 1. The lowest BCUT2D eigenvalue weighted by molar-refractivity contribution is -0.910. The van der Waals surface area contributed by atoms with Gasteiger partial charge in [-0.3, -0.25) is 4.79 Å². The molecule has 0 spiro atoms. The van der Waals surface area contributed by atoms with Crippen molar-refractivity contribution in [1.82, 2.24) is 5.32 Å². The van der Waals surface area contributed by atoms with Crippen molar-refractivity contribution in [2.24, 2.45) is 0 Å². The average Bonchev–Trinajstić information content (AvgIpc) is 3.40. The van der Waals surface area contributed by atoms with Crippen LogP contribution in [0.2, 0.25) is 0 Å². The van der Waals surface area contributed by atoms with Crippen molar-refractivity contribution in [2.45, 2.75) is 31.8 Å². The van der Waals surface area contributed by atoms with Gasteiger partial charge in [0.1, 0.15) is 28.9 Å². The van der Waals surface area contributed by atoms with Gasteiger partial charge in [0, 0.05) is 18.2 Å². The Labute approximate surface area is 176 Å². The number of fused-ring (bicyclic) bond motifs is 1. The topological polar surface area (TPSA) is 65.1 Å². The van der Waals surface area contributed by atoms with Gasteiger partial charge in [-0.2, -0.15) is 0 Å². The maximum atomic E-state index is 12.8. The van der Waals surface area contributed by atoms with Crippen molar-refractivity contribution in [1.29, 1.82) is 0 Å². The molecule has 6 heteroatoms. The van der Waals surface area contributed by atoms with E-state index in [2.05, 4.69) is 5.32 Å². The Morgan fingerprint density at radius 3 is 2.80 bits per heavy atom. The fourth-order valence-corrected chi connectivity index (χ4v) is 4.40. The summed E-state index contributed by atoms with van der Waals surface area (Å²) in [6, 6.07) is 15.8. The summed E-state index contributed by atoms with van der Waals surface area (Å²) in [5, 5.41) is 4.14. The SMILES string of the molecule is COc1ccc(OC)c([C@H]2CCC[NH+]2CC(=O)N[C@@H](C)c2cc3ccccc3o2)c1. The zero-order chi connectivity index (χ0) is 21.1. The van der Waals surface area contributed by atoms with E-state index in [1.807, 2.05) is 55.5 Å². The predicted octanol–water partition coefficient (Wildman–Crippen LogP) is 3.05.